The third kappa shape index (κ3) is 4.37. The zero-order valence-electron chi connectivity index (χ0n) is 16.3. The number of rotatable bonds is 6. The van der Waals surface area contributed by atoms with Crippen molar-refractivity contribution in [1.29, 1.82) is 0 Å². The highest BCUT2D eigenvalue weighted by molar-refractivity contribution is 6.03. The van der Waals surface area contributed by atoms with Crippen LogP contribution >= 0.6 is 0 Å². The second-order valence-electron chi connectivity index (χ2n) is 7.04. The van der Waals surface area contributed by atoms with Gasteiger partial charge in [-0.05, 0) is 29.3 Å². The molecule has 2 aromatic carbocycles. The fourth-order valence-corrected chi connectivity index (χ4v) is 3.54. The first-order valence-electron chi connectivity index (χ1n) is 9.60. The summed E-state index contributed by atoms with van der Waals surface area (Å²) < 4.78 is 5.63. The van der Waals surface area contributed by atoms with Gasteiger partial charge in [-0.25, -0.2) is 5.43 Å². The maximum absolute atomic E-state index is 12.6. The van der Waals surface area contributed by atoms with Crippen LogP contribution in [0.3, 0.4) is 0 Å². The Morgan fingerprint density at radius 3 is 2.68 bits per heavy atom. The number of hydrazone groups is 1. The molecule has 31 heavy (non-hydrogen) atoms. The van der Waals surface area contributed by atoms with E-state index in [1.54, 1.807) is 24.3 Å². The first kappa shape index (κ1) is 20.1. The molecule has 2 atom stereocenters. The lowest BCUT2D eigenvalue weighted by Crippen LogP contribution is -2.34. The molecule has 1 saturated heterocycles. The Morgan fingerprint density at radius 2 is 1.90 bits per heavy atom. The average Bonchev–Trinajstić information content (AvgIpc) is 3.41. The molecule has 1 aromatic heterocycles. The molecule has 8 nitrogen and oxygen atoms in total. The molecule has 0 aliphatic carbocycles. The largest absolute Gasteiger partial charge is 0.545 e. The molecule has 0 bridgehead atoms. The van der Waals surface area contributed by atoms with Gasteiger partial charge in [-0.15, -0.1) is 0 Å². The van der Waals surface area contributed by atoms with Crippen molar-refractivity contribution < 1.29 is 23.9 Å². The van der Waals surface area contributed by atoms with Crippen LogP contribution in [0.5, 0.6) is 0 Å². The molecule has 1 fully saturated rings. The van der Waals surface area contributed by atoms with Gasteiger partial charge in [-0.1, -0.05) is 48.5 Å². The number of furan rings is 1. The molecule has 2 amide bonds. The number of benzene rings is 2. The maximum atomic E-state index is 12.6. The fourth-order valence-electron chi connectivity index (χ4n) is 3.54. The normalized spacial score (nSPS) is 18.1. The smallest absolute Gasteiger partial charge is 0.253 e. The van der Waals surface area contributed by atoms with Crippen LogP contribution < -0.4 is 15.8 Å². The number of nitrogens with one attached hydrogen (secondary N) is 2. The zero-order chi connectivity index (χ0) is 21.8. The number of nitrogens with zero attached hydrogens (tertiary/aromatic N) is 1. The first-order chi connectivity index (χ1) is 15.0. The number of carbonyl (C=O) groups excluding carboxylic acids is 3. The molecular formula is C23H18N3O5-. The molecule has 3 aromatic rings. The number of carboxylic acid groups (broad SMARTS) is 1. The summed E-state index contributed by atoms with van der Waals surface area (Å²) in [6, 6.07) is 18.8. The summed E-state index contributed by atoms with van der Waals surface area (Å²) in [5.74, 6) is -2.47. The van der Waals surface area contributed by atoms with Crippen molar-refractivity contribution in [2.45, 2.75) is 5.92 Å². The summed E-state index contributed by atoms with van der Waals surface area (Å²) in [7, 11) is 0. The van der Waals surface area contributed by atoms with Gasteiger partial charge in [0.25, 0.3) is 5.91 Å². The molecule has 4 rings (SSSR count). The summed E-state index contributed by atoms with van der Waals surface area (Å²) in [5, 5.41) is 17.6. The van der Waals surface area contributed by atoms with E-state index < -0.39 is 17.8 Å². The van der Waals surface area contributed by atoms with E-state index in [-0.39, 0.29) is 17.4 Å². The minimum atomic E-state index is -1.28. The van der Waals surface area contributed by atoms with Crippen molar-refractivity contribution in [3.8, 4) is 11.3 Å². The van der Waals surface area contributed by atoms with Crippen molar-refractivity contribution in [3.05, 3.63) is 83.6 Å². The van der Waals surface area contributed by atoms with Crippen molar-refractivity contribution in [1.82, 2.24) is 10.7 Å². The van der Waals surface area contributed by atoms with E-state index in [0.29, 0.717) is 23.6 Å². The van der Waals surface area contributed by atoms with E-state index >= 15 is 0 Å². The lowest BCUT2D eigenvalue weighted by molar-refractivity contribution is -0.255. The van der Waals surface area contributed by atoms with Crippen LogP contribution in [-0.2, 0) is 9.59 Å². The van der Waals surface area contributed by atoms with Crippen LogP contribution in [-0.4, -0.2) is 30.5 Å². The minimum Gasteiger partial charge on any atom is -0.545 e. The molecule has 2 N–H and O–H groups in total. The van der Waals surface area contributed by atoms with Gasteiger partial charge in [0, 0.05) is 18.0 Å². The van der Waals surface area contributed by atoms with Gasteiger partial charge < -0.3 is 19.6 Å². The van der Waals surface area contributed by atoms with E-state index in [4.69, 9.17) is 4.42 Å². The van der Waals surface area contributed by atoms with Crippen molar-refractivity contribution in [3.63, 3.8) is 0 Å². The number of carbonyl (C=O) groups is 3. The average molecular weight is 416 g/mol. The molecular weight excluding hydrogens is 398 g/mol. The second kappa shape index (κ2) is 8.66. The van der Waals surface area contributed by atoms with Crippen LogP contribution in [0, 0.1) is 5.92 Å². The summed E-state index contributed by atoms with van der Waals surface area (Å²) in [6.07, 6.45) is 1.31. The van der Waals surface area contributed by atoms with Crippen molar-refractivity contribution in [2.75, 3.05) is 6.54 Å². The Balaban J connectivity index is 1.43. The molecule has 2 heterocycles. The highest BCUT2D eigenvalue weighted by Gasteiger charge is 2.40. The Morgan fingerprint density at radius 1 is 1.10 bits per heavy atom. The predicted molar refractivity (Wildman–Crippen MR) is 110 cm³/mol. The standard InChI is InChI=1S/C23H19N3O5/c27-21-20(18(13-24-21)14-5-2-1-3-6-14)22(28)26-25-12-17-9-10-19(31-17)15-7-4-8-16(11-15)23(29)30/h1-12,18,20H,13H2,(H,24,27)(H,26,28)(H,29,30)/p-1/b25-12+/t18-,20+/m0/s1. The van der Waals surface area contributed by atoms with Crippen molar-refractivity contribution in [2.24, 2.45) is 11.0 Å². The predicted octanol–water partition coefficient (Wildman–Crippen LogP) is 1.29. The van der Waals surface area contributed by atoms with Crippen molar-refractivity contribution >= 4 is 24.0 Å². The topological polar surface area (TPSA) is 124 Å². The highest BCUT2D eigenvalue weighted by atomic mass is 16.4. The summed E-state index contributed by atoms with van der Waals surface area (Å²) in [5.41, 5.74) is 3.91. The Bertz CT molecular complexity index is 1150. The van der Waals surface area contributed by atoms with Gasteiger partial charge >= 0.3 is 0 Å². The second-order valence-corrected chi connectivity index (χ2v) is 7.04. The number of aromatic carboxylic acids is 1. The van der Waals surface area contributed by atoms with Gasteiger partial charge in [0.05, 0.1) is 12.2 Å². The van der Waals surface area contributed by atoms with E-state index in [9.17, 15) is 19.5 Å². The third-order valence-electron chi connectivity index (χ3n) is 5.07. The van der Waals surface area contributed by atoms with E-state index in [0.717, 1.165) is 5.56 Å². The lowest BCUT2D eigenvalue weighted by Gasteiger charge is -2.15. The third-order valence-corrected chi connectivity index (χ3v) is 5.07. The Labute approximate surface area is 177 Å². The van der Waals surface area contributed by atoms with E-state index in [1.165, 1.54) is 18.3 Å². The van der Waals surface area contributed by atoms with Gasteiger partial charge in [0.2, 0.25) is 5.91 Å². The Hall–Kier alpha value is -4.20. The number of hydrogen-bond acceptors (Lipinski definition) is 6. The van der Waals surface area contributed by atoms with Crippen LogP contribution in [0.25, 0.3) is 11.3 Å². The van der Waals surface area contributed by atoms with E-state index in [2.05, 4.69) is 15.8 Å². The highest BCUT2D eigenvalue weighted by Crippen LogP contribution is 2.29. The number of amides is 2. The van der Waals surface area contributed by atoms with Crippen LogP contribution in [0.4, 0.5) is 0 Å². The van der Waals surface area contributed by atoms with Gasteiger partial charge in [-0.2, -0.15) is 5.10 Å². The molecule has 1 aliphatic heterocycles. The first-order valence-corrected chi connectivity index (χ1v) is 9.60. The molecule has 0 unspecified atom stereocenters. The van der Waals surface area contributed by atoms with Crippen LogP contribution in [0.1, 0.15) is 27.6 Å². The van der Waals surface area contributed by atoms with Gasteiger partial charge in [-0.3, -0.25) is 9.59 Å². The molecule has 8 heteroatoms. The Kier molecular flexibility index (Phi) is 5.61. The molecule has 156 valence electrons. The molecule has 0 saturated carbocycles. The molecule has 1 aliphatic rings. The van der Waals surface area contributed by atoms with Gasteiger partial charge in [0.15, 0.2) is 0 Å². The summed E-state index contributed by atoms with van der Waals surface area (Å²) in [4.78, 5) is 35.8. The van der Waals surface area contributed by atoms with Crippen LogP contribution in [0.15, 0.2) is 76.2 Å². The fraction of sp³-hybridized carbons (Fsp3) is 0.130. The quantitative estimate of drug-likeness (QED) is 0.356. The van der Waals surface area contributed by atoms with Gasteiger partial charge in [0.1, 0.15) is 17.4 Å². The SMILES string of the molecule is O=C([O-])c1cccc(-c2ccc(/C=N/NC(=O)[C@H]3C(=O)NC[C@H]3c3ccccc3)o2)c1. The lowest BCUT2D eigenvalue weighted by atomic mass is 9.88. The number of hydrogen-bond donors (Lipinski definition) is 2. The zero-order valence-corrected chi connectivity index (χ0v) is 16.3. The number of carboxylic acids is 1. The molecule has 0 spiro atoms. The van der Waals surface area contributed by atoms with Crippen LogP contribution in [0.2, 0.25) is 0 Å². The maximum Gasteiger partial charge on any atom is 0.253 e. The van der Waals surface area contributed by atoms with E-state index in [1.807, 2.05) is 30.3 Å². The molecule has 0 radical (unpaired) electrons. The monoisotopic (exact) mass is 416 g/mol. The minimum absolute atomic E-state index is 0.0409. The summed E-state index contributed by atoms with van der Waals surface area (Å²) in [6.45, 7) is 0.386. The summed E-state index contributed by atoms with van der Waals surface area (Å²) >= 11 is 0.